The standard InChI is InChI=1S/C23H25FN6S2/c24-18-6-8-19(9-7-18)26-22-28-20(27-21(25)29-22)15-32-23(31)30-12-10-17(11-13-30)14-16-4-2-1-3-5-16/h1-9,17H,10-15H2,(H3,25,26,27,28,29). The highest BCUT2D eigenvalue weighted by atomic mass is 32.2. The zero-order chi connectivity index (χ0) is 22.3. The lowest BCUT2D eigenvalue weighted by molar-refractivity contribution is 0.271. The molecule has 0 atom stereocenters. The molecule has 0 amide bonds. The topological polar surface area (TPSA) is 80.0 Å². The first-order valence-corrected chi connectivity index (χ1v) is 11.9. The number of piperidine rings is 1. The van der Waals surface area contributed by atoms with Crippen molar-refractivity contribution in [1.29, 1.82) is 0 Å². The number of thiocarbonyl (C=S) groups is 1. The Morgan fingerprint density at radius 2 is 1.78 bits per heavy atom. The number of hydrogen-bond acceptors (Lipinski definition) is 7. The summed E-state index contributed by atoms with van der Waals surface area (Å²) < 4.78 is 14.0. The maximum atomic E-state index is 13.1. The van der Waals surface area contributed by atoms with E-state index in [2.05, 4.69) is 55.5 Å². The Morgan fingerprint density at radius 3 is 2.50 bits per heavy atom. The van der Waals surface area contributed by atoms with Gasteiger partial charge in [0.25, 0.3) is 0 Å². The molecule has 0 spiro atoms. The Bertz CT molecular complexity index is 1040. The molecule has 1 aliphatic heterocycles. The van der Waals surface area contributed by atoms with E-state index in [9.17, 15) is 4.39 Å². The number of nitrogens with one attached hydrogen (secondary N) is 1. The van der Waals surface area contributed by atoms with E-state index in [1.165, 1.54) is 29.5 Å². The summed E-state index contributed by atoms with van der Waals surface area (Å²) in [6.45, 7) is 1.94. The van der Waals surface area contributed by atoms with Gasteiger partial charge in [-0.25, -0.2) is 4.39 Å². The third kappa shape index (κ3) is 6.37. The number of nitrogen functional groups attached to an aromatic ring is 1. The molecule has 2 heterocycles. The van der Waals surface area contributed by atoms with E-state index in [-0.39, 0.29) is 11.8 Å². The van der Waals surface area contributed by atoms with Crippen LogP contribution in [0.25, 0.3) is 0 Å². The summed E-state index contributed by atoms with van der Waals surface area (Å²) in [6, 6.07) is 16.6. The molecule has 1 aromatic heterocycles. The van der Waals surface area contributed by atoms with Gasteiger partial charge in [0.2, 0.25) is 11.9 Å². The van der Waals surface area contributed by atoms with Crippen molar-refractivity contribution in [2.75, 3.05) is 24.1 Å². The van der Waals surface area contributed by atoms with Crippen molar-refractivity contribution < 1.29 is 4.39 Å². The molecule has 0 bridgehead atoms. The fourth-order valence-electron chi connectivity index (χ4n) is 3.71. The summed E-state index contributed by atoms with van der Waals surface area (Å²) >= 11 is 7.20. The second-order valence-electron chi connectivity index (χ2n) is 7.74. The second kappa shape index (κ2) is 10.7. The summed E-state index contributed by atoms with van der Waals surface area (Å²) in [5.74, 6) is 1.91. The number of nitrogens with two attached hydrogens (primary N) is 1. The molecule has 166 valence electrons. The van der Waals surface area contributed by atoms with Crippen LogP contribution in [0.2, 0.25) is 0 Å². The number of likely N-dealkylation sites (tertiary alicyclic amines) is 1. The highest BCUT2D eigenvalue weighted by Crippen LogP contribution is 2.25. The molecule has 0 aliphatic carbocycles. The van der Waals surface area contributed by atoms with E-state index in [1.807, 2.05) is 0 Å². The predicted octanol–water partition coefficient (Wildman–Crippen LogP) is 4.81. The number of rotatable bonds is 6. The first kappa shape index (κ1) is 22.4. The summed E-state index contributed by atoms with van der Waals surface area (Å²) in [5.41, 5.74) is 7.92. The maximum Gasteiger partial charge on any atom is 0.232 e. The number of hydrogen-bond donors (Lipinski definition) is 2. The van der Waals surface area contributed by atoms with Crippen molar-refractivity contribution in [3.63, 3.8) is 0 Å². The SMILES string of the molecule is Nc1nc(CSC(=S)N2CCC(Cc3ccccc3)CC2)nc(Nc2ccc(F)cc2)n1. The van der Waals surface area contributed by atoms with Crippen molar-refractivity contribution in [2.45, 2.75) is 25.0 Å². The molecule has 32 heavy (non-hydrogen) atoms. The molecule has 1 saturated heterocycles. The van der Waals surface area contributed by atoms with E-state index in [0.717, 1.165) is 36.7 Å². The lowest BCUT2D eigenvalue weighted by Gasteiger charge is -2.33. The molecule has 1 fully saturated rings. The minimum Gasteiger partial charge on any atom is -0.368 e. The van der Waals surface area contributed by atoms with Gasteiger partial charge in [-0.1, -0.05) is 54.3 Å². The van der Waals surface area contributed by atoms with Crippen LogP contribution in [0.1, 0.15) is 24.2 Å². The van der Waals surface area contributed by atoms with E-state index in [1.54, 1.807) is 12.1 Å². The van der Waals surface area contributed by atoms with Gasteiger partial charge in [0.05, 0.1) is 5.75 Å². The predicted molar refractivity (Wildman–Crippen MR) is 132 cm³/mol. The van der Waals surface area contributed by atoms with Crippen molar-refractivity contribution in [1.82, 2.24) is 19.9 Å². The van der Waals surface area contributed by atoms with Crippen LogP contribution in [0.3, 0.4) is 0 Å². The van der Waals surface area contributed by atoms with Crippen molar-refractivity contribution in [2.24, 2.45) is 5.92 Å². The van der Waals surface area contributed by atoms with E-state index in [0.29, 0.717) is 29.1 Å². The number of benzene rings is 2. The smallest absolute Gasteiger partial charge is 0.232 e. The molecule has 3 aromatic rings. The minimum atomic E-state index is -0.305. The lowest BCUT2D eigenvalue weighted by atomic mass is 9.90. The van der Waals surface area contributed by atoms with E-state index in [4.69, 9.17) is 18.0 Å². The largest absolute Gasteiger partial charge is 0.368 e. The first-order valence-electron chi connectivity index (χ1n) is 10.5. The fraction of sp³-hybridized carbons (Fsp3) is 0.304. The van der Waals surface area contributed by atoms with Crippen LogP contribution in [-0.2, 0) is 12.2 Å². The maximum absolute atomic E-state index is 13.1. The molecule has 9 heteroatoms. The average Bonchev–Trinajstić information content (AvgIpc) is 2.80. The van der Waals surface area contributed by atoms with Gasteiger partial charge in [-0.05, 0) is 55.0 Å². The first-order chi connectivity index (χ1) is 15.5. The molecule has 0 saturated carbocycles. The van der Waals surface area contributed by atoms with Gasteiger partial charge in [-0.15, -0.1) is 0 Å². The minimum absolute atomic E-state index is 0.132. The number of nitrogens with zero attached hydrogens (tertiary/aromatic N) is 4. The number of aromatic nitrogens is 3. The zero-order valence-electron chi connectivity index (χ0n) is 17.6. The lowest BCUT2D eigenvalue weighted by Crippen LogP contribution is -2.36. The molecule has 0 radical (unpaired) electrons. The third-order valence-electron chi connectivity index (χ3n) is 5.36. The molecule has 6 nitrogen and oxygen atoms in total. The van der Waals surface area contributed by atoms with Crippen molar-refractivity contribution in [3.8, 4) is 0 Å². The Balaban J connectivity index is 1.27. The summed E-state index contributed by atoms with van der Waals surface area (Å²) in [6.07, 6.45) is 3.41. The van der Waals surface area contributed by atoms with Gasteiger partial charge in [0.15, 0.2) is 0 Å². The highest BCUT2D eigenvalue weighted by Gasteiger charge is 2.21. The Hall–Kier alpha value is -2.78. The van der Waals surface area contributed by atoms with Crippen LogP contribution < -0.4 is 11.1 Å². The fourth-order valence-corrected chi connectivity index (χ4v) is 4.81. The Kier molecular flexibility index (Phi) is 7.49. The van der Waals surface area contributed by atoms with Crippen molar-refractivity contribution in [3.05, 3.63) is 71.8 Å². The normalized spacial score (nSPS) is 14.3. The number of anilines is 3. The third-order valence-corrected chi connectivity index (χ3v) is 6.88. The second-order valence-corrected chi connectivity index (χ2v) is 9.35. The quantitative estimate of drug-likeness (QED) is 0.499. The van der Waals surface area contributed by atoms with Gasteiger partial charge in [0, 0.05) is 18.8 Å². The van der Waals surface area contributed by atoms with Gasteiger partial charge in [0.1, 0.15) is 16.0 Å². The summed E-state index contributed by atoms with van der Waals surface area (Å²) in [7, 11) is 0. The van der Waals surface area contributed by atoms with Crippen LogP contribution in [0.15, 0.2) is 54.6 Å². The van der Waals surface area contributed by atoms with Gasteiger partial charge < -0.3 is 16.0 Å². The number of thioether (sulfide) groups is 1. The summed E-state index contributed by atoms with van der Waals surface area (Å²) in [4.78, 5) is 15.0. The van der Waals surface area contributed by atoms with Gasteiger partial charge in [-0.2, -0.15) is 15.0 Å². The van der Waals surface area contributed by atoms with Crippen LogP contribution >= 0.6 is 24.0 Å². The molecular formula is C23H25FN6S2. The van der Waals surface area contributed by atoms with E-state index >= 15 is 0 Å². The van der Waals surface area contributed by atoms with Crippen LogP contribution in [0.4, 0.5) is 22.0 Å². The van der Waals surface area contributed by atoms with Crippen LogP contribution in [-0.4, -0.2) is 37.3 Å². The van der Waals surface area contributed by atoms with Gasteiger partial charge >= 0.3 is 0 Å². The summed E-state index contributed by atoms with van der Waals surface area (Å²) in [5, 5.41) is 3.03. The highest BCUT2D eigenvalue weighted by molar-refractivity contribution is 8.22. The molecule has 2 aromatic carbocycles. The van der Waals surface area contributed by atoms with Crippen molar-refractivity contribution >= 4 is 45.9 Å². The molecule has 3 N–H and O–H groups in total. The van der Waals surface area contributed by atoms with E-state index < -0.39 is 0 Å². The van der Waals surface area contributed by atoms with Gasteiger partial charge in [-0.3, -0.25) is 0 Å². The van der Waals surface area contributed by atoms with Crippen LogP contribution in [0, 0.1) is 11.7 Å². The Morgan fingerprint density at radius 1 is 1.06 bits per heavy atom. The Labute approximate surface area is 196 Å². The molecule has 1 aliphatic rings. The molecule has 4 rings (SSSR count). The molecule has 0 unspecified atom stereocenters. The van der Waals surface area contributed by atoms with Crippen LogP contribution in [0.5, 0.6) is 0 Å². The zero-order valence-corrected chi connectivity index (χ0v) is 19.2. The number of halogens is 1. The average molecular weight is 469 g/mol. The monoisotopic (exact) mass is 468 g/mol. The molecular weight excluding hydrogens is 443 g/mol.